The molecule has 1 amide bonds. The summed E-state index contributed by atoms with van der Waals surface area (Å²) in [5.41, 5.74) is 11.3. The van der Waals surface area contributed by atoms with E-state index < -0.39 is 18.1 Å². The number of ether oxygens (including phenoxy) is 2. The molecule has 0 heterocycles. The molecule has 0 saturated carbocycles. The van der Waals surface area contributed by atoms with Crippen LogP contribution < -0.4 is 11.1 Å². The molecule has 0 unspecified atom stereocenters. The average molecular weight is 453 g/mol. The highest BCUT2D eigenvalue weighted by Crippen LogP contribution is 2.44. The van der Waals surface area contributed by atoms with Crippen LogP contribution >= 0.6 is 12.4 Å². The fourth-order valence-corrected chi connectivity index (χ4v) is 3.76. The first-order valence-corrected chi connectivity index (χ1v) is 10.2. The van der Waals surface area contributed by atoms with Crippen LogP contribution in [0.5, 0.6) is 0 Å². The van der Waals surface area contributed by atoms with Crippen molar-refractivity contribution in [3.8, 4) is 11.1 Å². The molecule has 0 aromatic heterocycles. The average Bonchev–Trinajstić information content (AvgIpc) is 3.14. The van der Waals surface area contributed by atoms with E-state index in [1.165, 1.54) is 0 Å². The largest absolute Gasteiger partial charge is 0.460 e. The van der Waals surface area contributed by atoms with Crippen molar-refractivity contribution in [1.29, 1.82) is 0 Å². The molecule has 0 aliphatic heterocycles. The molecule has 7 heteroatoms. The van der Waals surface area contributed by atoms with Crippen LogP contribution in [0.4, 0.5) is 4.79 Å². The van der Waals surface area contributed by atoms with Crippen LogP contribution in [0, 0.1) is 0 Å². The summed E-state index contributed by atoms with van der Waals surface area (Å²) in [7, 11) is 0. The molecule has 32 heavy (non-hydrogen) atoms. The zero-order valence-corrected chi connectivity index (χ0v) is 18.2. The minimum Gasteiger partial charge on any atom is -0.460 e. The van der Waals surface area contributed by atoms with Crippen LogP contribution in [0.2, 0.25) is 0 Å². The number of hydrogen-bond acceptors (Lipinski definition) is 5. The Hall–Kier alpha value is -3.35. The Bertz CT molecular complexity index is 1030. The molecule has 3 N–H and O–H groups in total. The molecular weight excluding hydrogens is 428 g/mol. The molecule has 0 radical (unpaired) electrons. The Labute approximate surface area is 193 Å². The smallest absolute Gasteiger partial charge is 0.407 e. The lowest BCUT2D eigenvalue weighted by Crippen LogP contribution is -2.43. The predicted octanol–water partition coefficient (Wildman–Crippen LogP) is 4.02. The van der Waals surface area contributed by atoms with Gasteiger partial charge in [0.25, 0.3) is 0 Å². The van der Waals surface area contributed by atoms with Gasteiger partial charge < -0.3 is 20.5 Å². The predicted molar refractivity (Wildman–Crippen MR) is 125 cm³/mol. The van der Waals surface area contributed by atoms with E-state index in [0.717, 1.165) is 27.8 Å². The molecular formula is C25H25ClN2O4. The van der Waals surface area contributed by atoms with Gasteiger partial charge >= 0.3 is 12.1 Å². The minimum absolute atomic E-state index is 0. The van der Waals surface area contributed by atoms with Crippen LogP contribution in [0.3, 0.4) is 0 Å². The lowest BCUT2D eigenvalue weighted by Gasteiger charge is -2.16. The van der Waals surface area contributed by atoms with Crippen molar-refractivity contribution < 1.29 is 19.1 Å². The first-order chi connectivity index (χ1) is 15.1. The Morgan fingerprint density at radius 3 is 2.03 bits per heavy atom. The maximum Gasteiger partial charge on any atom is 0.407 e. The zero-order valence-electron chi connectivity index (χ0n) is 17.4. The van der Waals surface area contributed by atoms with Gasteiger partial charge in [0.2, 0.25) is 0 Å². The van der Waals surface area contributed by atoms with Crippen LogP contribution in [0.15, 0.2) is 78.9 Å². The normalized spacial score (nSPS) is 12.7. The van der Waals surface area contributed by atoms with Crippen molar-refractivity contribution in [2.75, 3.05) is 13.2 Å². The fraction of sp³-hybridized carbons (Fsp3) is 0.200. The van der Waals surface area contributed by atoms with E-state index in [9.17, 15) is 9.59 Å². The van der Waals surface area contributed by atoms with Crippen molar-refractivity contribution in [2.24, 2.45) is 5.73 Å². The summed E-state index contributed by atoms with van der Waals surface area (Å²) < 4.78 is 10.6. The molecule has 1 aliphatic rings. The number of carbonyl (C=O) groups excluding carboxylic acids is 2. The minimum atomic E-state index is -0.968. The summed E-state index contributed by atoms with van der Waals surface area (Å²) in [5.74, 6) is -0.606. The summed E-state index contributed by atoms with van der Waals surface area (Å²) >= 11 is 0. The van der Waals surface area contributed by atoms with E-state index >= 15 is 0 Å². The standard InChI is InChI=1S/C25H24N2O4.ClH/c26-23(24(28)30-15-17-8-2-1-3-9-17)14-27-25(29)31-16-22-20-12-6-4-10-18(20)19-11-5-7-13-21(19)22;/h1-13,22-23H,14-16,26H2,(H,27,29);1H/t23-;/m0./s1. The van der Waals surface area contributed by atoms with Gasteiger partial charge in [0.15, 0.2) is 0 Å². The molecule has 166 valence electrons. The van der Waals surface area contributed by atoms with Crippen molar-refractivity contribution in [1.82, 2.24) is 5.32 Å². The number of hydrogen-bond donors (Lipinski definition) is 2. The molecule has 0 spiro atoms. The van der Waals surface area contributed by atoms with Crippen molar-refractivity contribution in [3.63, 3.8) is 0 Å². The highest BCUT2D eigenvalue weighted by Gasteiger charge is 2.29. The van der Waals surface area contributed by atoms with Gasteiger partial charge in [-0.3, -0.25) is 4.79 Å². The summed E-state index contributed by atoms with van der Waals surface area (Å²) in [6, 6.07) is 24.6. The monoisotopic (exact) mass is 452 g/mol. The second-order valence-corrected chi connectivity index (χ2v) is 7.41. The third-order valence-corrected chi connectivity index (χ3v) is 5.34. The second-order valence-electron chi connectivity index (χ2n) is 7.41. The zero-order chi connectivity index (χ0) is 21.6. The van der Waals surface area contributed by atoms with E-state index in [1.807, 2.05) is 54.6 Å². The van der Waals surface area contributed by atoms with Crippen molar-refractivity contribution >= 4 is 24.5 Å². The van der Waals surface area contributed by atoms with E-state index in [1.54, 1.807) is 0 Å². The summed E-state index contributed by atoms with van der Waals surface area (Å²) in [6.07, 6.45) is -0.617. The van der Waals surface area contributed by atoms with Gasteiger partial charge in [-0.15, -0.1) is 12.4 Å². The van der Waals surface area contributed by atoms with E-state index in [0.29, 0.717) is 0 Å². The number of benzene rings is 3. The van der Waals surface area contributed by atoms with Crippen LogP contribution in [0.25, 0.3) is 11.1 Å². The Balaban J connectivity index is 0.00000289. The Morgan fingerprint density at radius 2 is 1.41 bits per heavy atom. The van der Waals surface area contributed by atoms with Gasteiger partial charge in [-0.1, -0.05) is 78.9 Å². The summed E-state index contributed by atoms with van der Waals surface area (Å²) in [5, 5.41) is 2.55. The topological polar surface area (TPSA) is 90.6 Å². The number of halogens is 1. The first-order valence-electron chi connectivity index (χ1n) is 10.2. The quantitative estimate of drug-likeness (QED) is 0.528. The van der Waals surface area contributed by atoms with E-state index in [-0.39, 0.29) is 38.1 Å². The number of alkyl carbamates (subject to hydrolysis) is 1. The SMILES string of the molecule is Cl.N[C@@H](CNC(=O)OCC1c2ccccc2-c2ccccc21)C(=O)OCc1ccccc1. The molecule has 3 aromatic rings. The van der Waals surface area contributed by atoms with Gasteiger partial charge in [0.05, 0.1) is 0 Å². The van der Waals surface area contributed by atoms with Gasteiger partial charge in [-0.25, -0.2) is 4.79 Å². The third-order valence-electron chi connectivity index (χ3n) is 5.34. The number of fused-ring (bicyclic) bond motifs is 3. The Kier molecular flexibility index (Phi) is 7.87. The number of nitrogens with two attached hydrogens (primary N) is 1. The number of amides is 1. The number of carbonyl (C=O) groups is 2. The van der Waals surface area contributed by atoms with Crippen LogP contribution in [-0.2, 0) is 20.9 Å². The number of esters is 1. The maximum absolute atomic E-state index is 12.2. The molecule has 0 saturated heterocycles. The Morgan fingerprint density at radius 1 is 0.844 bits per heavy atom. The fourth-order valence-electron chi connectivity index (χ4n) is 3.76. The highest BCUT2D eigenvalue weighted by molar-refractivity contribution is 5.85. The second kappa shape index (κ2) is 10.8. The van der Waals surface area contributed by atoms with E-state index in [2.05, 4.69) is 29.6 Å². The molecule has 1 aliphatic carbocycles. The van der Waals surface area contributed by atoms with Crippen molar-refractivity contribution in [3.05, 3.63) is 95.6 Å². The lowest BCUT2D eigenvalue weighted by molar-refractivity contribution is -0.146. The third kappa shape index (κ3) is 5.28. The molecule has 1 atom stereocenters. The van der Waals surface area contributed by atoms with E-state index in [4.69, 9.17) is 15.2 Å². The molecule has 4 rings (SSSR count). The molecule has 0 bridgehead atoms. The highest BCUT2D eigenvalue weighted by atomic mass is 35.5. The number of nitrogens with one attached hydrogen (secondary N) is 1. The van der Waals surface area contributed by atoms with Gasteiger partial charge in [-0.2, -0.15) is 0 Å². The van der Waals surface area contributed by atoms with Crippen molar-refractivity contribution in [2.45, 2.75) is 18.6 Å². The summed E-state index contributed by atoms with van der Waals surface area (Å²) in [4.78, 5) is 24.2. The van der Waals surface area contributed by atoms with Crippen LogP contribution in [-0.4, -0.2) is 31.3 Å². The van der Waals surface area contributed by atoms with Crippen LogP contribution in [0.1, 0.15) is 22.6 Å². The molecule has 6 nitrogen and oxygen atoms in total. The lowest BCUT2D eigenvalue weighted by atomic mass is 9.98. The number of rotatable bonds is 7. The maximum atomic E-state index is 12.2. The summed E-state index contributed by atoms with van der Waals surface area (Å²) in [6.45, 7) is 0.274. The molecule has 0 fully saturated rings. The van der Waals surface area contributed by atoms with Gasteiger partial charge in [0.1, 0.15) is 19.3 Å². The molecule has 3 aromatic carbocycles. The van der Waals surface area contributed by atoms with Gasteiger partial charge in [0, 0.05) is 12.5 Å². The van der Waals surface area contributed by atoms with Gasteiger partial charge in [-0.05, 0) is 27.8 Å². The first kappa shape index (κ1) is 23.3.